The maximum atomic E-state index is 15.5. The number of aromatic nitrogens is 5. The number of halogens is 1. The summed E-state index contributed by atoms with van der Waals surface area (Å²) in [4.78, 5) is 77.6. The van der Waals surface area contributed by atoms with Crippen molar-refractivity contribution in [3.8, 4) is 23.0 Å². The van der Waals surface area contributed by atoms with E-state index in [0.29, 0.717) is 48.5 Å². The van der Waals surface area contributed by atoms with Gasteiger partial charge in [0.2, 0.25) is 0 Å². The van der Waals surface area contributed by atoms with Crippen LogP contribution in [0.1, 0.15) is 40.8 Å². The molecule has 4 unspecified atom stereocenters. The van der Waals surface area contributed by atoms with Crippen LogP contribution in [0.2, 0.25) is 0 Å². The zero-order valence-corrected chi connectivity index (χ0v) is 36.6. The third-order valence-corrected chi connectivity index (χ3v) is 13.4. The maximum absolute atomic E-state index is 15.5. The highest BCUT2D eigenvalue weighted by atomic mass is 127. The van der Waals surface area contributed by atoms with E-state index in [1.807, 2.05) is 78.1 Å². The second-order valence-corrected chi connectivity index (χ2v) is 16.9. The third kappa shape index (κ3) is 6.06. The van der Waals surface area contributed by atoms with Gasteiger partial charge in [-0.25, -0.2) is 28.5 Å². The number of hydrazine groups is 1. The van der Waals surface area contributed by atoms with Crippen molar-refractivity contribution in [3.05, 3.63) is 148 Å². The fourth-order valence-corrected chi connectivity index (χ4v) is 10.3. The second kappa shape index (κ2) is 15.4. The lowest BCUT2D eigenvalue weighted by molar-refractivity contribution is -0.138. The van der Waals surface area contributed by atoms with Gasteiger partial charge in [0.15, 0.2) is 23.0 Å². The number of carbonyl (C=O) groups is 2. The van der Waals surface area contributed by atoms with Gasteiger partial charge in [-0.3, -0.25) is 19.8 Å². The lowest BCUT2D eigenvalue weighted by Gasteiger charge is -2.49. The van der Waals surface area contributed by atoms with Crippen molar-refractivity contribution in [1.82, 2.24) is 28.5 Å². The van der Waals surface area contributed by atoms with Crippen molar-refractivity contribution >= 4 is 51.1 Å². The Kier molecular flexibility index (Phi) is 10.1. The number of anilines is 1. The summed E-state index contributed by atoms with van der Waals surface area (Å²) in [6, 6.07) is 22.4. The number of phenols is 1. The fourth-order valence-electron chi connectivity index (χ4n) is 9.63. The van der Waals surface area contributed by atoms with Gasteiger partial charge in [-0.2, -0.15) is 5.01 Å². The Morgan fingerprint density at radius 2 is 1.58 bits per heavy atom. The highest BCUT2D eigenvalue weighted by Crippen LogP contribution is 2.62. The number of phenolic OH excluding ortho intramolecular Hbond substituents is 1. The zero-order valence-electron chi connectivity index (χ0n) is 34.4. The SMILES string of the molecule is COc1cc2nc(CCn3c(=O)n4n(c3=O)C3CC5C(=O)N(Nc6ccc(C)cc6)C(=O)C5(c5ccccc5)C(c5cc(I)c(O)c(OC)c5)C3=CC4)c(=O)n(C)c2cc1OC. The Morgan fingerprint density at radius 3 is 2.27 bits per heavy atom. The molecule has 2 N–H and O–H groups in total. The van der Waals surface area contributed by atoms with Crippen molar-refractivity contribution in [2.24, 2.45) is 13.0 Å². The van der Waals surface area contributed by atoms with E-state index in [9.17, 15) is 24.3 Å². The maximum Gasteiger partial charge on any atom is 0.347 e. The molecule has 4 aromatic carbocycles. The molecule has 318 valence electrons. The van der Waals surface area contributed by atoms with E-state index in [4.69, 9.17) is 14.2 Å². The minimum atomic E-state index is -1.54. The minimum Gasteiger partial charge on any atom is -0.504 e. The summed E-state index contributed by atoms with van der Waals surface area (Å²) < 4.78 is 22.2. The first kappa shape index (κ1) is 40.8. The number of fused-ring (bicyclic) bond motifs is 5. The molecule has 6 aromatic rings. The lowest BCUT2D eigenvalue weighted by Crippen LogP contribution is -2.53. The first-order valence-corrected chi connectivity index (χ1v) is 21.0. The monoisotopic (exact) mass is 951 g/mol. The van der Waals surface area contributed by atoms with Crippen LogP contribution >= 0.6 is 22.6 Å². The molecule has 2 fully saturated rings. The Labute approximate surface area is 367 Å². The number of carbonyl (C=O) groups excluding carboxylic acids is 2. The highest BCUT2D eigenvalue weighted by Gasteiger charge is 2.69. The number of methoxy groups -OCH3 is 3. The molecule has 1 saturated carbocycles. The molecule has 1 aliphatic carbocycles. The summed E-state index contributed by atoms with van der Waals surface area (Å²) in [5.41, 5.74) is 4.40. The Bertz CT molecular complexity index is 3040. The molecule has 2 amide bonds. The standard InChI is InChI=1S/C45H42IN7O9/c1-24-11-13-27(14-12-24)48-52-40(55)29-21-33-28(38(25-19-30(46)39(54)37(20-25)62-5)45(29,42(52)57)26-9-7-6-8-10-26)15-18-51-43(58)50(44(59)53(33)51)17-16-31-41(56)49(2)34-23-36(61-4)35(60-3)22-32(34)47-31/h6-15,19-20,22-23,29,33,38,48,54H,16-18,21H2,1-5H3. The van der Waals surface area contributed by atoms with Gasteiger partial charge >= 0.3 is 11.4 Å². The zero-order chi connectivity index (χ0) is 43.8. The van der Waals surface area contributed by atoms with Gasteiger partial charge in [-0.1, -0.05) is 54.1 Å². The number of ether oxygens (including phenoxy) is 3. The number of amides is 2. The van der Waals surface area contributed by atoms with E-state index in [-0.39, 0.29) is 43.1 Å². The van der Waals surface area contributed by atoms with E-state index < -0.39 is 52.0 Å². The Balaban J connectivity index is 1.18. The molecule has 9 rings (SSSR count). The van der Waals surface area contributed by atoms with E-state index in [1.54, 1.807) is 43.4 Å². The Morgan fingerprint density at radius 1 is 0.887 bits per heavy atom. The van der Waals surface area contributed by atoms with Crippen molar-refractivity contribution in [2.45, 2.75) is 50.2 Å². The van der Waals surface area contributed by atoms with Gasteiger partial charge < -0.3 is 23.9 Å². The lowest BCUT2D eigenvalue weighted by atomic mass is 9.53. The normalized spacial score (nSPS) is 20.4. The molecule has 2 aliphatic heterocycles. The molecule has 16 nitrogen and oxygen atoms in total. The van der Waals surface area contributed by atoms with Gasteiger partial charge in [0.25, 0.3) is 17.4 Å². The number of aryl methyl sites for hydroxylation is 3. The van der Waals surface area contributed by atoms with Crippen LogP contribution in [0.15, 0.2) is 105 Å². The van der Waals surface area contributed by atoms with Gasteiger partial charge in [0.1, 0.15) is 5.69 Å². The molecule has 1 saturated heterocycles. The number of aromatic hydroxyl groups is 1. The van der Waals surface area contributed by atoms with Crippen molar-refractivity contribution in [1.29, 1.82) is 0 Å². The number of hydrogen-bond donors (Lipinski definition) is 2. The molecular formula is C45H42IN7O9. The van der Waals surface area contributed by atoms with Crippen LogP contribution < -0.4 is 36.6 Å². The number of nitrogens with one attached hydrogen (secondary N) is 1. The van der Waals surface area contributed by atoms with Gasteiger partial charge in [-0.05, 0) is 76.9 Å². The van der Waals surface area contributed by atoms with Crippen LogP contribution in [0.25, 0.3) is 11.0 Å². The summed E-state index contributed by atoms with van der Waals surface area (Å²) in [6.45, 7) is 1.76. The fraction of sp³-hybridized carbons (Fsp3) is 0.289. The number of benzene rings is 4. The van der Waals surface area contributed by atoms with Crippen LogP contribution in [0.5, 0.6) is 23.0 Å². The summed E-state index contributed by atoms with van der Waals surface area (Å²) in [7, 11) is 6.04. The van der Waals surface area contributed by atoms with E-state index in [0.717, 1.165) is 15.1 Å². The van der Waals surface area contributed by atoms with Gasteiger partial charge in [0.05, 0.1) is 65.5 Å². The van der Waals surface area contributed by atoms with Crippen molar-refractivity contribution < 1.29 is 28.9 Å². The highest BCUT2D eigenvalue weighted by molar-refractivity contribution is 14.1. The van der Waals surface area contributed by atoms with Crippen LogP contribution in [-0.2, 0) is 41.6 Å². The number of allylic oxidation sites excluding steroid dienone is 2. The predicted molar refractivity (Wildman–Crippen MR) is 237 cm³/mol. The smallest absolute Gasteiger partial charge is 0.347 e. The van der Waals surface area contributed by atoms with Crippen LogP contribution in [0.3, 0.4) is 0 Å². The van der Waals surface area contributed by atoms with Crippen molar-refractivity contribution in [3.63, 3.8) is 0 Å². The number of imide groups is 1. The molecule has 17 heteroatoms. The first-order valence-electron chi connectivity index (χ1n) is 19.9. The third-order valence-electron chi connectivity index (χ3n) is 12.6. The predicted octanol–water partition coefficient (Wildman–Crippen LogP) is 4.56. The van der Waals surface area contributed by atoms with Crippen LogP contribution in [0.4, 0.5) is 5.69 Å². The molecule has 0 bridgehead atoms. The summed E-state index contributed by atoms with van der Waals surface area (Å²) in [6.07, 6.45) is 1.83. The average Bonchev–Trinajstić information content (AvgIpc) is 3.65. The topological polar surface area (TPSA) is 181 Å². The van der Waals surface area contributed by atoms with Gasteiger partial charge in [0, 0.05) is 38.1 Å². The molecule has 62 heavy (non-hydrogen) atoms. The quantitative estimate of drug-likeness (QED) is 0.112. The average molecular weight is 952 g/mol. The van der Waals surface area contributed by atoms with E-state index in [1.165, 1.54) is 35.3 Å². The number of rotatable bonds is 10. The summed E-state index contributed by atoms with van der Waals surface area (Å²) in [5.74, 6) is -1.95. The largest absolute Gasteiger partial charge is 0.504 e. The second-order valence-electron chi connectivity index (χ2n) is 15.7. The summed E-state index contributed by atoms with van der Waals surface area (Å²) in [5, 5.41) is 12.1. The molecule has 4 heterocycles. The first-order chi connectivity index (χ1) is 29.8. The van der Waals surface area contributed by atoms with E-state index in [2.05, 4.69) is 10.4 Å². The van der Waals surface area contributed by atoms with Crippen LogP contribution in [-0.4, -0.2) is 66.7 Å². The molecule has 0 spiro atoms. The minimum absolute atomic E-state index is 0.00160. The number of nitrogens with zero attached hydrogens (tertiary/aromatic N) is 6. The Hall–Kier alpha value is -6.63. The number of hydrogen-bond acceptors (Lipinski definition) is 11. The molecule has 4 atom stereocenters. The molecule has 3 aliphatic rings. The van der Waals surface area contributed by atoms with Crippen LogP contribution in [0, 0.1) is 16.4 Å². The molecule has 0 radical (unpaired) electrons. The molecular weight excluding hydrogens is 909 g/mol. The van der Waals surface area contributed by atoms with Gasteiger partial charge in [-0.15, -0.1) is 0 Å². The summed E-state index contributed by atoms with van der Waals surface area (Å²) >= 11 is 2.01. The van der Waals surface area contributed by atoms with Crippen molar-refractivity contribution in [2.75, 3.05) is 26.8 Å². The molecule has 2 aromatic heterocycles. The van der Waals surface area contributed by atoms with E-state index >= 15 is 4.79 Å².